The highest BCUT2D eigenvalue weighted by Gasteiger charge is 2.38. The van der Waals surface area contributed by atoms with E-state index in [1.54, 1.807) is 10.4 Å². The van der Waals surface area contributed by atoms with Crippen LogP contribution in [0, 0.1) is 0 Å². The minimum atomic E-state index is -3.55. The molecular formula is C19H20N4O2S. The Morgan fingerprint density at radius 3 is 2.81 bits per heavy atom. The van der Waals surface area contributed by atoms with Gasteiger partial charge in [0.2, 0.25) is 10.0 Å². The van der Waals surface area contributed by atoms with Crippen LogP contribution in [0.5, 0.6) is 0 Å². The van der Waals surface area contributed by atoms with Gasteiger partial charge in [0.05, 0.1) is 10.9 Å². The fourth-order valence-corrected chi connectivity index (χ4v) is 5.92. The molecule has 6 nitrogen and oxygen atoms in total. The second-order valence-electron chi connectivity index (χ2n) is 7.04. The van der Waals surface area contributed by atoms with Crippen LogP contribution in [0.3, 0.4) is 0 Å². The van der Waals surface area contributed by atoms with Crippen molar-refractivity contribution in [1.82, 2.24) is 18.9 Å². The average Bonchev–Trinajstić information content (AvgIpc) is 3.38. The molecular weight excluding hydrogens is 348 g/mol. The van der Waals surface area contributed by atoms with E-state index in [9.17, 15) is 8.42 Å². The van der Waals surface area contributed by atoms with Crippen LogP contribution < -0.4 is 0 Å². The number of hydrogen-bond acceptors (Lipinski definition) is 4. The van der Waals surface area contributed by atoms with Crippen LogP contribution in [0.25, 0.3) is 5.65 Å². The molecule has 7 heteroatoms. The van der Waals surface area contributed by atoms with Crippen LogP contribution in [-0.2, 0) is 22.9 Å². The molecule has 0 saturated carbocycles. The van der Waals surface area contributed by atoms with Crippen LogP contribution in [-0.4, -0.2) is 33.9 Å². The monoisotopic (exact) mass is 368 g/mol. The maximum absolute atomic E-state index is 13.3. The first-order valence-electron chi connectivity index (χ1n) is 9.08. The van der Waals surface area contributed by atoms with E-state index in [1.165, 1.54) is 11.1 Å². The molecule has 1 aliphatic heterocycles. The highest BCUT2D eigenvalue weighted by Crippen LogP contribution is 2.36. The lowest BCUT2D eigenvalue weighted by molar-refractivity contribution is 0.381. The average molecular weight is 368 g/mol. The Hall–Kier alpha value is -2.25. The zero-order chi connectivity index (χ0) is 17.7. The topological polar surface area (TPSA) is 67.6 Å². The van der Waals surface area contributed by atoms with Crippen LogP contribution in [0.15, 0.2) is 47.5 Å². The highest BCUT2D eigenvalue weighted by atomic mass is 32.2. The van der Waals surface area contributed by atoms with Gasteiger partial charge in [0.1, 0.15) is 0 Å². The van der Waals surface area contributed by atoms with Gasteiger partial charge in [-0.3, -0.25) is 4.40 Å². The number of sulfonamides is 1. The molecule has 2 aliphatic rings. The third-order valence-corrected chi connectivity index (χ3v) is 7.42. The number of pyridine rings is 1. The molecule has 0 radical (unpaired) electrons. The van der Waals surface area contributed by atoms with E-state index in [1.807, 2.05) is 40.9 Å². The predicted molar refractivity (Wildman–Crippen MR) is 97.3 cm³/mol. The third kappa shape index (κ3) is 2.38. The van der Waals surface area contributed by atoms with Gasteiger partial charge in [0, 0.05) is 12.7 Å². The Balaban J connectivity index is 1.56. The van der Waals surface area contributed by atoms with Crippen LogP contribution in [0.4, 0.5) is 0 Å². The Morgan fingerprint density at radius 1 is 1.00 bits per heavy atom. The van der Waals surface area contributed by atoms with Gasteiger partial charge in [-0.05, 0) is 67.5 Å². The summed E-state index contributed by atoms with van der Waals surface area (Å²) in [7, 11) is -3.55. The van der Waals surface area contributed by atoms with Gasteiger partial charge < -0.3 is 0 Å². The van der Waals surface area contributed by atoms with Crippen LogP contribution >= 0.6 is 0 Å². The van der Waals surface area contributed by atoms with Crippen molar-refractivity contribution >= 4 is 15.7 Å². The molecule has 5 rings (SSSR count). The first kappa shape index (κ1) is 16.0. The van der Waals surface area contributed by atoms with Crippen molar-refractivity contribution in [3.05, 3.63) is 59.5 Å². The Morgan fingerprint density at radius 2 is 1.88 bits per heavy atom. The van der Waals surface area contributed by atoms with Crippen molar-refractivity contribution in [3.8, 4) is 0 Å². The van der Waals surface area contributed by atoms with Gasteiger partial charge in [-0.2, -0.15) is 4.31 Å². The lowest BCUT2D eigenvalue weighted by Gasteiger charge is -2.23. The first-order chi connectivity index (χ1) is 12.6. The molecule has 2 aromatic heterocycles. The zero-order valence-electron chi connectivity index (χ0n) is 14.4. The summed E-state index contributed by atoms with van der Waals surface area (Å²) < 4.78 is 30.2. The Kier molecular flexibility index (Phi) is 3.62. The number of fused-ring (bicyclic) bond motifs is 2. The highest BCUT2D eigenvalue weighted by molar-refractivity contribution is 7.89. The van der Waals surface area contributed by atoms with E-state index in [2.05, 4.69) is 10.2 Å². The Bertz CT molecular complexity index is 1090. The molecule has 26 heavy (non-hydrogen) atoms. The summed E-state index contributed by atoms with van der Waals surface area (Å²) in [5.74, 6) is 0.697. The van der Waals surface area contributed by atoms with E-state index in [0.29, 0.717) is 17.3 Å². The quantitative estimate of drug-likeness (QED) is 0.713. The van der Waals surface area contributed by atoms with Gasteiger partial charge in [-0.25, -0.2) is 8.42 Å². The van der Waals surface area contributed by atoms with Crippen LogP contribution in [0.2, 0.25) is 0 Å². The molecule has 3 heterocycles. The molecule has 1 atom stereocenters. The predicted octanol–water partition coefficient (Wildman–Crippen LogP) is 2.74. The lowest BCUT2D eigenvalue weighted by atomic mass is 10.1. The van der Waals surface area contributed by atoms with E-state index >= 15 is 0 Å². The normalized spacial score (nSPS) is 20.7. The molecule has 1 unspecified atom stereocenters. The molecule has 1 aliphatic carbocycles. The largest absolute Gasteiger partial charge is 0.285 e. The van der Waals surface area contributed by atoms with E-state index in [0.717, 1.165) is 37.8 Å². The number of rotatable bonds is 3. The molecule has 0 spiro atoms. The maximum Gasteiger partial charge on any atom is 0.243 e. The van der Waals surface area contributed by atoms with Crippen molar-refractivity contribution < 1.29 is 8.42 Å². The van der Waals surface area contributed by atoms with E-state index in [4.69, 9.17) is 0 Å². The molecule has 0 N–H and O–H groups in total. The molecule has 1 fully saturated rings. The summed E-state index contributed by atoms with van der Waals surface area (Å²) in [6, 6.07) is 11.0. The minimum absolute atomic E-state index is 0.273. The van der Waals surface area contributed by atoms with Crippen molar-refractivity contribution in [2.24, 2.45) is 0 Å². The fourth-order valence-electron chi connectivity index (χ4n) is 4.22. The van der Waals surface area contributed by atoms with Gasteiger partial charge in [-0.1, -0.05) is 12.1 Å². The fraction of sp³-hybridized carbons (Fsp3) is 0.368. The molecule has 0 amide bonds. The summed E-state index contributed by atoms with van der Waals surface area (Å²) >= 11 is 0. The molecule has 134 valence electrons. The number of nitrogens with zero attached hydrogens (tertiary/aromatic N) is 4. The zero-order valence-corrected chi connectivity index (χ0v) is 15.2. The van der Waals surface area contributed by atoms with Gasteiger partial charge in [0.25, 0.3) is 0 Å². The number of hydrogen-bond donors (Lipinski definition) is 0. The second kappa shape index (κ2) is 5.89. The molecule has 0 bridgehead atoms. The summed E-state index contributed by atoms with van der Waals surface area (Å²) in [5.41, 5.74) is 3.20. The Labute approximate surface area is 152 Å². The summed E-state index contributed by atoms with van der Waals surface area (Å²) in [6.45, 7) is 0.520. The first-order valence-corrected chi connectivity index (χ1v) is 10.5. The SMILES string of the molecule is O=S(=O)(c1ccc2c(c1)CCC2)N1CCCC1c1nnc2ccccn12. The van der Waals surface area contributed by atoms with Gasteiger partial charge in [0.15, 0.2) is 11.5 Å². The second-order valence-corrected chi connectivity index (χ2v) is 8.94. The standard InChI is InChI=1S/C19H20N4O2S/c24-26(25,16-10-9-14-5-3-6-15(14)13-16)23-12-4-7-17(23)19-21-20-18-8-1-2-11-22(18)19/h1-2,8-11,13,17H,3-7,12H2. The minimum Gasteiger partial charge on any atom is -0.285 e. The molecule has 1 saturated heterocycles. The summed E-state index contributed by atoms with van der Waals surface area (Å²) in [5, 5.41) is 8.49. The molecule has 1 aromatic carbocycles. The van der Waals surface area contributed by atoms with E-state index in [-0.39, 0.29) is 6.04 Å². The van der Waals surface area contributed by atoms with Crippen molar-refractivity contribution in [3.63, 3.8) is 0 Å². The lowest BCUT2D eigenvalue weighted by Crippen LogP contribution is -2.31. The van der Waals surface area contributed by atoms with Crippen LogP contribution in [0.1, 0.15) is 42.3 Å². The third-order valence-electron chi connectivity index (χ3n) is 5.52. The number of benzene rings is 1. The summed E-state index contributed by atoms with van der Waals surface area (Å²) in [4.78, 5) is 0.402. The molecule has 3 aromatic rings. The maximum atomic E-state index is 13.3. The van der Waals surface area contributed by atoms with Gasteiger partial charge in [-0.15, -0.1) is 10.2 Å². The summed E-state index contributed by atoms with van der Waals surface area (Å²) in [6.07, 6.45) is 6.61. The smallest absolute Gasteiger partial charge is 0.243 e. The van der Waals surface area contributed by atoms with Crippen molar-refractivity contribution in [2.75, 3.05) is 6.54 Å². The number of aromatic nitrogens is 3. The number of aryl methyl sites for hydroxylation is 2. The van der Waals surface area contributed by atoms with E-state index < -0.39 is 10.0 Å². The van der Waals surface area contributed by atoms with Gasteiger partial charge >= 0.3 is 0 Å². The van der Waals surface area contributed by atoms with Crippen molar-refractivity contribution in [1.29, 1.82) is 0 Å². The van der Waals surface area contributed by atoms with Crippen molar-refractivity contribution in [2.45, 2.75) is 43.0 Å².